The summed E-state index contributed by atoms with van der Waals surface area (Å²) in [7, 11) is 0. The van der Waals surface area contributed by atoms with Crippen molar-refractivity contribution in [3.63, 3.8) is 0 Å². The van der Waals surface area contributed by atoms with Gasteiger partial charge in [-0.3, -0.25) is 4.98 Å². The van der Waals surface area contributed by atoms with Crippen molar-refractivity contribution in [3.8, 4) is 0 Å². The Balaban J connectivity index is 2.04. The van der Waals surface area contributed by atoms with E-state index in [9.17, 15) is 0 Å². The van der Waals surface area contributed by atoms with E-state index in [0.29, 0.717) is 11.3 Å². The summed E-state index contributed by atoms with van der Waals surface area (Å²) >= 11 is 8.11. The van der Waals surface area contributed by atoms with E-state index in [1.165, 1.54) is 18.6 Å². The van der Waals surface area contributed by atoms with Gasteiger partial charge in [-0.05, 0) is 24.7 Å². The average molecular weight is 243 g/mol. The van der Waals surface area contributed by atoms with Gasteiger partial charge in [0.2, 0.25) is 0 Å². The molecule has 15 heavy (non-hydrogen) atoms. The Labute approximate surface area is 99.8 Å². The molecule has 4 heteroatoms. The van der Waals surface area contributed by atoms with Crippen LogP contribution in [0.4, 0.5) is 5.69 Å². The maximum absolute atomic E-state index is 6.08. The number of aromatic nitrogens is 1. The number of hydrogen-bond donors (Lipinski definition) is 1. The van der Waals surface area contributed by atoms with Crippen molar-refractivity contribution in [2.24, 2.45) is 0 Å². The fraction of sp³-hybridized carbons (Fsp3) is 0.545. The van der Waals surface area contributed by atoms with Gasteiger partial charge in [-0.15, -0.1) is 0 Å². The highest BCUT2D eigenvalue weighted by Gasteiger charge is 2.21. The first-order chi connectivity index (χ1) is 7.27. The Morgan fingerprint density at radius 2 is 2.47 bits per heavy atom. The van der Waals surface area contributed by atoms with Gasteiger partial charge in [-0.25, -0.2) is 0 Å². The third-order valence-electron chi connectivity index (χ3n) is 2.72. The van der Waals surface area contributed by atoms with Gasteiger partial charge in [0.25, 0.3) is 0 Å². The van der Waals surface area contributed by atoms with Crippen molar-refractivity contribution in [2.45, 2.75) is 31.1 Å². The SMILES string of the molecule is CC1SCCCC1Nc1cnccc1Cl. The Morgan fingerprint density at radius 1 is 1.60 bits per heavy atom. The number of rotatable bonds is 2. The van der Waals surface area contributed by atoms with Crippen LogP contribution in [0.2, 0.25) is 5.02 Å². The van der Waals surface area contributed by atoms with E-state index in [-0.39, 0.29) is 0 Å². The minimum absolute atomic E-state index is 0.519. The molecule has 0 spiro atoms. The fourth-order valence-electron chi connectivity index (χ4n) is 1.80. The molecule has 1 saturated heterocycles. The van der Waals surface area contributed by atoms with Crippen LogP contribution in [0.1, 0.15) is 19.8 Å². The summed E-state index contributed by atoms with van der Waals surface area (Å²) in [6.07, 6.45) is 6.02. The van der Waals surface area contributed by atoms with Crippen LogP contribution in [-0.4, -0.2) is 22.0 Å². The Morgan fingerprint density at radius 3 is 3.20 bits per heavy atom. The van der Waals surface area contributed by atoms with Crippen molar-refractivity contribution in [1.82, 2.24) is 4.98 Å². The van der Waals surface area contributed by atoms with Gasteiger partial charge in [-0.1, -0.05) is 18.5 Å². The van der Waals surface area contributed by atoms with Crippen LogP contribution in [0.15, 0.2) is 18.5 Å². The Kier molecular flexibility index (Phi) is 3.76. The molecule has 2 atom stereocenters. The van der Waals surface area contributed by atoms with Crippen molar-refractivity contribution >= 4 is 29.1 Å². The highest BCUT2D eigenvalue weighted by atomic mass is 35.5. The number of thioether (sulfide) groups is 1. The van der Waals surface area contributed by atoms with E-state index in [1.54, 1.807) is 12.4 Å². The lowest BCUT2D eigenvalue weighted by atomic mass is 10.1. The number of pyridine rings is 1. The number of anilines is 1. The van der Waals surface area contributed by atoms with E-state index < -0.39 is 0 Å². The molecule has 2 unspecified atom stereocenters. The second kappa shape index (κ2) is 5.08. The summed E-state index contributed by atoms with van der Waals surface area (Å²) in [6, 6.07) is 2.34. The Bertz CT molecular complexity index is 332. The summed E-state index contributed by atoms with van der Waals surface area (Å²) in [5, 5.41) is 4.89. The minimum Gasteiger partial charge on any atom is -0.379 e. The lowest BCUT2D eigenvalue weighted by molar-refractivity contribution is 0.617. The summed E-state index contributed by atoms with van der Waals surface area (Å²) in [4.78, 5) is 4.08. The largest absolute Gasteiger partial charge is 0.379 e. The first kappa shape index (κ1) is 11.1. The van der Waals surface area contributed by atoms with E-state index in [0.717, 1.165) is 10.7 Å². The van der Waals surface area contributed by atoms with Crippen LogP contribution >= 0.6 is 23.4 Å². The van der Waals surface area contributed by atoms with Gasteiger partial charge >= 0.3 is 0 Å². The van der Waals surface area contributed by atoms with Gasteiger partial charge in [0.05, 0.1) is 16.9 Å². The molecule has 0 saturated carbocycles. The highest BCUT2D eigenvalue weighted by molar-refractivity contribution is 8.00. The van der Waals surface area contributed by atoms with E-state index in [4.69, 9.17) is 11.6 Å². The molecule has 1 fully saturated rings. The van der Waals surface area contributed by atoms with Gasteiger partial charge in [0.15, 0.2) is 0 Å². The summed E-state index contributed by atoms with van der Waals surface area (Å²) in [5.41, 5.74) is 0.957. The molecule has 0 aliphatic carbocycles. The van der Waals surface area contributed by atoms with E-state index in [2.05, 4.69) is 17.2 Å². The topological polar surface area (TPSA) is 24.9 Å². The van der Waals surface area contributed by atoms with Gasteiger partial charge < -0.3 is 5.32 Å². The van der Waals surface area contributed by atoms with Crippen molar-refractivity contribution in [1.29, 1.82) is 0 Å². The lowest BCUT2D eigenvalue weighted by Crippen LogP contribution is -2.32. The fourth-order valence-corrected chi connectivity index (χ4v) is 3.10. The zero-order valence-electron chi connectivity index (χ0n) is 8.74. The molecule has 0 bridgehead atoms. The molecule has 1 aromatic rings. The Hall–Kier alpha value is -0.410. The van der Waals surface area contributed by atoms with Gasteiger partial charge in [-0.2, -0.15) is 11.8 Å². The maximum Gasteiger partial charge on any atom is 0.0718 e. The third kappa shape index (κ3) is 2.79. The van der Waals surface area contributed by atoms with Crippen LogP contribution in [0, 0.1) is 0 Å². The molecule has 1 N–H and O–H groups in total. The lowest BCUT2D eigenvalue weighted by Gasteiger charge is -2.30. The summed E-state index contributed by atoms with van der Waals surface area (Å²) in [6.45, 7) is 2.27. The standard InChI is InChI=1S/C11H15ClN2S/c1-8-10(3-2-6-15-8)14-11-7-13-5-4-9(11)12/h4-5,7-8,10,14H,2-3,6H2,1H3. The average Bonchev–Trinajstić information content (AvgIpc) is 2.24. The first-order valence-corrected chi connectivity index (χ1v) is 6.67. The van der Waals surface area contributed by atoms with Crippen molar-refractivity contribution in [2.75, 3.05) is 11.1 Å². The van der Waals surface area contributed by atoms with Crippen LogP contribution in [0.3, 0.4) is 0 Å². The molecule has 1 aromatic heterocycles. The number of nitrogens with one attached hydrogen (secondary N) is 1. The van der Waals surface area contributed by atoms with Gasteiger partial charge in [0, 0.05) is 17.5 Å². The molecule has 0 aromatic carbocycles. The first-order valence-electron chi connectivity index (χ1n) is 5.25. The molecule has 2 rings (SSSR count). The number of nitrogens with zero attached hydrogens (tertiary/aromatic N) is 1. The zero-order valence-corrected chi connectivity index (χ0v) is 10.3. The maximum atomic E-state index is 6.08. The molecule has 1 aliphatic heterocycles. The molecular weight excluding hydrogens is 228 g/mol. The van der Waals surface area contributed by atoms with E-state index >= 15 is 0 Å². The zero-order chi connectivity index (χ0) is 10.7. The molecule has 0 radical (unpaired) electrons. The molecular formula is C11H15ClN2S. The van der Waals surface area contributed by atoms with Gasteiger partial charge in [0.1, 0.15) is 0 Å². The molecule has 0 amide bonds. The molecule has 2 nitrogen and oxygen atoms in total. The van der Waals surface area contributed by atoms with E-state index in [1.807, 2.05) is 17.8 Å². The van der Waals surface area contributed by atoms with Crippen LogP contribution < -0.4 is 5.32 Å². The molecule has 2 heterocycles. The van der Waals surface area contributed by atoms with Crippen LogP contribution in [0.25, 0.3) is 0 Å². The summed E-state index contributed by atoms with van der Waals surface area (Å²) < 4.78 is 0. The predicted octanol–water partition coefficient (Wildman–Crippen LogP) is 3.43. The highest BCUT2D eigenvalue weighted by Crippen LogP contribution is 2.29. The normalized spacial score (nSPS) is 26.3. The monoisotopic (exact) mass is 242 g/mol. The predicted molar refractivity (Wildman–Crippen MR) is 67.8 cm³/mol. The third-order valence-corrected chi connectivity index (χ3v) is 4.42. The van der Waals surface area contributed by atoms with Crippen molar-refractivity contribution in [3.05, 3.63) is 23.5 Å². The summed E-state index contributed by atoms with van der Waals surface area (Å²) in [5.74, 6) is 1.28. The van der Waals surface area contributed by atoms with Crippen LogP contribution in [0.5, 0.6) is 0 Å². The smallest absolute Gasteiger partial charge is 0.0718 e. The van der Waals surface area contributed by atoms with Crippen LogP contribution in [-0.2, 0) is 0 Å². The number of hydrogen-bond acceptors (Lipinski definition) is 3. The molecule has 1 aliphatic rings. The quantitative estimate of drug-likeness (QED) is 0.860. The second-order valence-electron chi connectivity index (χ2n) is 3.82. The minimum atomic E-state index is 0.519. The second-order valence-corrected chi connectivity index (χ2v) is 5.72. The number of halogens is 1. The van der Waals surface area contributed by atoms with Crippen molar-refractivity contribution < 1.29 is 0 Å². The molecule has 82 valence electrons.